The molecule has 0 aromatic carbocycles. The minimum absolute atomic E-state index is 1.08. The van der Waals surface area contributed by atoms with Crippen molar-refractivity contribution in [2.75, 3.05) is 0 Å². The summed E-state index contributed by atoms with van der Waals surface area (Å²) in [4.78, 5) is 37.7. The lowest BCUT2D eigenvalue weighted by Crippen LogP contribution is -1.92. The van der Waals surface area contributed by atoms with Crippen molar-refractivity contribution in [2.24, 2.45) is 0 Å². The SMILES string of the molecule is Cc1cc(C)c(C)cn1.Cc1cc(C)nc(C)c1.Cc1ccc(C)c(C)n1.Cc1ccc(C)c(C)n1.Cc1ccc(C)nc1.Cc1cccc(C)n1.Cc1ccnc(C)c1C.Cc1cnc(C)c(C)c1.Cc1cnc(C)c(C)c1C. The molecule has 9 rings (SSSR count). The largest absolute Gasteiger partial charge is 0.261 e. The Morgan fingerprint density at radius 1 is 0.212 bits per heavy atom. The van der Waals surface area contributed by atoms with Crippen LogP contribution in [0.2, 0.25) is 0 Å². The van der Waals surface area contributed by atoms with Crippen molar-refractivity contribution in [2.45, 2.75) is 180 Å². The van der Waals surface area contributed by atoms with Gasteiger partial charge in [0.25, 0.3) is 0 Å². The van der Waals surface area contributed by atoms with E-state index in [0.29, 0.717) is 0 Å². The van der Waals surface area contributed by atoms with Gasteiger partial charge in [-0.05, 0) is 307 Å². The van der Waals surface area contributed by atoms with Crippen LogP contribution in [-0.2, 0) is 0 Å². The van der Waals surface area contributed by atoms with E-state index < -0.39 is 0 Å². The first-order valence-electron chi connectivity index (χ1n) is 27.5. The van der Waals surface area contributed by atoms with Gasteiger partial charge in [-0.3, -0.25) is 44.9 Å². The predicted molar refractivity (Wildman–Crippen MR) is 341 cm³/mol. The van der Waals surface area contributed by atoms with Gasteiger partial charge in [0.2, 0.25) is 0 Å². The molecule has 80 heavy (non-hydrogen) atoms. The second kappa shape index (κ2) is 36.5. The summed E-state index contributed by atoms with van der Waals surface area (Å²) in [7, 11) is 0. The minimum atomic E-state index is 1.08. The average molecular weight is 1080 g/mol. The van der Waals surface area contributed by atoms with Gasteiger partial charge in [-0.2, -0.15) is 0 Å². The van der Waals surface area contributed by atoms with Crippen molar-refractivity contribution < 1.29 is 0 Å². The molecule has 0 amide bonds. The van der Waals surface area contributed by atoms with Crippen molar-refractivity contribution in [3.05, 3.63) is 262 Å². The van der Waals surface area contributed by atoms with Gasteiger partial charge in [-0.15, -0.1) is 0 Å². The first-order chi connectivity index (χ1) is 37.4. The van der Waals surface area contributed by atoms with Gasteiger partial charge in [0.05, 0.1) is 0 Å². The van der Waals surface area contributed by atoms with Gasteiger partial charge < -0.3 is 0 Å². The van der Waals surface area contributed by atoms with Crippen LogP contribution in [0.15, 0.2) is 116 Å². The van der Waals surface area contributed by atoms with Crippen LogP contribution in [0.1, 0.15) is 146 Å². The van der Waals surface area contributed by atoms with E-state index in [-0.39, 0.29) is 0 Å². The van der Waals surface area contributed by atoms with E-state index in [1.165, 1.54) is 72.3 Å². The molecule has 0 aliphatic carbocycles. The van der Waals surface area contributed by atoms with E-state index in [2.05, 4.69) is 170 Å². The number of rotatable bonds is 0. The number of hydrogen-bond donors (Lipinski definition) is 0. The van der Waals surface area contributed by atoms with Crippen molar-refractivity contribution in [1.29, 1.82) is 0 Å². The van der Waals surface area contributed by atoms with Crippen molar-refractivity contribution in [3.63, 3.8) is 0 Å². The van der Waals surface area contributed by atoms with E-state index >= 15 is 0 Å². The van der Waals surface area contributed by atoms with Gasteiger partial charge >= 0.3 is 0 Å². The van der Waals surface area contributed by atoms with Crippen LogP contribution in [0.5, 0.6) is 0 Å². The first-order valence-corrected chi connectivity index (χ1v) is 27.5. The normalized spacial score (nSPS) is 9.62. The summed E-state index contributed by atoms with van der Waals surface area (Å²) in [6, 6.07) is 28.7. The molecular weight excluding hydrogens is 979 g/mol. The Labute approximate surface area is 484 Å². The quantitative estimate of drug-likeness (QED) is 0.146. The number of hydrogen-bond acceptors (Lipinski definition) is 9. The highest BCUT2D eigenvalue weighted by Crippen LogP contribution is 2.13. The number of aromatic nitrogens is 9. The lowest BCUT2D eigenvalue weighted by Gasteiger charge is -2.05. The first kappa shape index (κ1) is 70.4. The molecule has 0 N–H and O–H groups in total. The summed E-state index contributed by atoms with van der Waals surface area (Å²) in [5.41, 5.74) is 31.1. The Morgan fingerprint density at radius 2 is 0.662 bits per heavy atom. The molecule has 9 aromatic heterocycles. The fourth-order valence-electron chi connectivity index (χ4n) is 7.05. The maximum absolute atomic E-state index is 4.27. The molecule has 0 saturated carbocycles. The van der Waals surface area contributed by atoms with E-state index in [0.717, 1.165) is 74.0 Å². The maximum atomic E-state index is 4.27. The van der Waals surface area contributed by atoms with Crippen LogP contribution < -0.4 is 0 Å². The van der Waals surface area contributed by atoms with E-state index in [9.17, 15) is 0 Å². The number of nitrogens with zero attached hydrogens (tertiary/aromatic N) is 9. The van der Waals surface area contributed by atoms with Crippen molar-refractivity contribution >= 4 is 0 Å². The highest BCUT2D eigenvalue weighted by Gasteiger charge is 2.00. The zero-order valence-corrected chi connectivity index (χ0v) is 54.0. The smallest absolute Gasteiger partial charge is 0.0404 e. The standard InChI is InChI=1S/C9H13N.6C8H11N.2C7H9N/c1-6-5-10-9(4)8(3)7(6)2;1-6-4-8(3)9-5-7(6)2;1-6-4-7(2)8(3)9-5-6;1-6-4-7(2)9-8(3)5-6;1-6-4-5-9-8(3)7(6)2;2*1-6-4-5-7(2)9-8(6)3;1-6-3-4-7(2)8-5-6;1-6-4-3-5-7(2)8-6/h5H,1-4H3;6*4-5H,1-3H3;2*3-5H,1-2H3. The van der Waals surface area contributed by atoms with Crippen molar-refractivity contribution in [1.82, 2.24) is 44.9 Å². The van der Waals surface area contributed by atoms with E-state index in [1.54, 1.807) is 0 Å². The van der Waals surface area contributed by atoms with Crippen LogP contribution in [0.4, 0.5) is 0 Å². The molecule has 0 unspecified atom stereocenters. The summed E-state index contributed by atoms with van der Waals surface area (Å²) in [6.45, 7) is 53.3. The monoisotopic (exact) mass is 1080 g/mol. The average Bonchev–Trinajstić information content (AvgIpc) is 3.38. The highest BCUT2D eigenvalue weighted by atomic mass is 14.7. The van der Waals surface area contributed by atoms with Crippen LogP contribution in [-0.4, -0.2) is 44.9 Å². The Morgan fingerprint density at radius 3 is 1.02 bits per heavy atom. The van der Waals surface area contributed by atoms with Crippen LogP contribution in [0, 0.1) is 180 Å². The molecule has 0 saturated heterocycles. The second-order valence-electron chi connectivity index (χ2n) is 21.0. The molecule has 0 fully saturated rings. The summed E-state index contributed by atoms with van der Waals surface area (Å²) in [5, 5.41) is 0. The molecule has 426 valence electrons. The third kappa shape index (κ3) is 29.4. The predicted octanol–water partition coefficient (Wildman–Crippen LogP) is 17.8. The molecule has 9 nitrogen and oxygen atoms in total. The van der Waals surface area contributed by atoms with Crippen LogP contribution >= 0.6 is 0 Å². The summed E-state index contributed by atoms with van der Waals surface area (Å²) < 4.78 is 0. The zero-order valence-electron chi connectivity index (χ0n) is 54.0. The summed E-state index contributed by atoms with van der Waals surface area (Å²) in [6.07, 6.45) is 9.44. The van der Waals surface area contributed by atoms with Gasteiger partial charge in [-0.1, -0.05) is 30.3 Å². The Hall–Kier alpha value is -7.65. The molecule has 0 aliphatic rings. The topological polar surface area (TPSA) is 116 Å². The van der Waals surface area contributed by atoms with Gasteiger partial charge in [0.15, 0.2) is 0 Å². The van der Waals surface area contributed by atoms with E-state index in [4.69, 9.17) is 0 Å². The molecular formula is C71H97N9. The Balaban J connectivity index is 0.000000450. The maximum Gasteiger partial charge on any atom is 0.0404 e. The third-order valence-corrected chi connectivity index (χ3v) is 13.2. The summed E-state index contributed by atoms with van der Waals surface area (Å²) >= 11 is 0. The summed E-state index contributed by atoms with van der Waals surface area (Å²) in [5.74, 6) is 0. The highest BCUT2D eigenvalue weighted by molar-refractivity contribution is 5.33. The minimum Gasteiger partial charge on any atom is -0.261 e. The molecule has 0 aliphatic heterocycles. The molecule has 0 spiro atoms. The van der Waals surface area contributed by atoms with Crippen molar-refractivity contribution in [3.8, 4) is 0 Å². The van der Waals surface area contributed by atoms with E-state index in [1.807, 2.05) is 170 Å². The molecule has 9 aromatic rings. The Bertz CT molecular complexity index is 2950. The molecule has 0 bridgehead atoms. The van der Waals surface area contributed by atoms with Gasteiger partial charge in [0.1, 0.15) is 0 Å². The zero-order chi connectivity index (χ0) is 60.8. The molecule has 0 radical (unpaired) electrons. The fraction of sp³-hybridized carbons (Fsp3) is 0.366. The molecule has 0 atom stereocenters. The van der Waals surface area contributed by atoms with Crippen LogP contribution in [0.3, 0.4) is 0 Å². The Kier molecular flexibility index (Phi) is 32.1. The van der Waals surface area contributed by atoms with Crippen LogP contribution in [0.25, 0.3) is 0 Å². The fourth-order valence-corrected chi connectivity index (χ4v) is 7.05. The number of pyridine rings is 9. The third-order valence-electron chi connectivity index (χ3n) is 13.2. The molecule has 9 heteroatoms. The van der Waals surface area contributed by atoms with Gasteiger partial charge in [0, 0.05) is 105 Å². The lowest BCUT2D eigenvalue weighted by atomic mass is 10.1. The molecule has 9 heterocycles. The lowest BCUT2D eigenvalue weighted by molar-refractivity contribution is 1.09. The number of aryl methyl sites for hydroxylation is 23. The second-order valence-corrected chi connectivity index (χ2v) is 21.0. The van der Waals surface area contributed by atoms with Gasteiger partial charge in [-0.25, -0.2) is 0 Å².